The molecule has 7 heteroatoms. The second kappa shape index (κ2) is 8.22. The SMILES string of the molecule is O=C(CN1C(=O)SC(=Cc2c3ccccc3nc3ccccc23)C1=O)c1ccc(Cl)cc1. The Morgan fingerprint density at radius 2 is 1.50 bits per heavy atom. The van der Waals surface area contributed by atoms with E-state index in [2.05, 4.69) is 4.98 Å². The van der Waals surface area contributed by atoms with E-state index in [1.165, 1.54) is 0 Å². The Morgan fingerprint density at radius 3 is 2.12 bits per heavy atom. The van der Waals surface area contributed by atoms with E-state index in [1.807, 2.05) is 48.5 Å². The van der Waals surface area contributed by atoms with E-state index in [9.17, 15) is 14.4 Å². The molecule has 3 aromatic carbocycles. The van der Waals surface area contributed by atoms with Crippen LogP contribution in [0.4, 0.5) is 4.79 Å². The van der Waals surface area contributed by atoms with Gasteiger partial charge >= 0.3 is 0 Å². The van der Waals surface area contributed by atoms with Crippen LogP contribution < -0.4 is 0 Å². The number of thioether (sulfide) groups is 1. The average molecular weight is 459 g/mol. The maximum atomic E-state index is 13.0. The first-order valence-electron chi connectivity index (χ1n) is 9.83. The number of rotatable bonds is 4. The van der Waals surface area contributed by atoms with Crippen LogP contribution in [0.25, 0.3) is 27.9 Å². The number of aromatic nitrogens is 1. The highest BCUT2D eigenvalue weighted by Crippen LogP contribution is 2.35. The first-order valence-corrected chi connectivity index (χ1v) is 11.0. The summed E-state index contributed by atoms with van der Waals surface area (Å²) in [6, 6.07) is 21.7. The number of imide groups is 1. The lowest BCUT2D eigenvalue weighted by Gasteiger charge is -2.11. The molecule has 1 aliphatic heterocycles. The zero-order chi connectivity index (χ0) is 22.2. The molecule has 4 aromatic rings. The number of nitrogens with zero attached hydrogens (tertiary/aromatic N) is 2. The lowest BCUT2D eigenvalue weighted by Crippen LogP contribution is -2.33. The Bertz CT molecular complexity index is 1390. The second-order valence-corrected chi connectivity index (χ2v) is 8.69. The number of fused-ring (bicyclic) bond motifs is 2. The largest absolute Gasteiger partial charge is 0.293 e. The van der Waals surface area contributed by atoms with Gasteiger partial charge in [-0.05, 0) is 59.8 Å². The molecule has 2 amide bonds. The number of halogens is 1. The van der Waals surface area contributed by atoms with Crippen molar-refractivity contribution in [1.29, 1.82) is 0 Å². The van der Waals surface area contributed by atoms with Crippen molar-refractivity contribution in [1.82, 2.24) is 9.88 Å². The Balaban J connectivity index is 1.52. The van der Waals surface area contributed by atoms with Gasteiger partial charge < -0.3 is 0 Å². The van der Waals surface area contributed by atoms with Crippen molar-refractivity contribution >= 4 is 68.2 Å². The maximum Gasteiger partial charge on any atom is 0.293 e. The molecule has 1 aliphatic rings. The summed E-state index contributed by atoms with van der Waals surface area (Å²) in [6.07, 6.45) is 1.73. The van der Waals surface area contributed by atoms with Crippen LogP contribution in [0.3, 0.4) is 0 Å². The molecule has 32 heavy (non-hydrogen) atoms. The smallest absolute Gasteiger partial charge is 0.292 e. The minimum atomic E-state index is -0.479. The molecule has 1 saturated heterocycles. The van der Waals surface area contributed by atoms with E-state index in [4.69, 9.17) is 11.6 Å². The van der Waals surface area contributed by atoms with Crippen LogP contribution in [0.1, 0.15) is 15.9 Å². The van der Waals surface area contributed by atoms with Crippen molar-refractivity contribution in [3.63, 3.8) is 0 Å². The number of ketones is 1. The van der Waals surface area contributed by atoms with Crippen molar-refractivity contribution in [2.45, 2.75) is 0 Å². The standard InChI is InChI=1S/C25H15ClN2O3S/c26-16-11-9-15(10-12-16)22(29)14-28-24(30)23(32-25(28)31)13-19-17-5-1-3-7-20(17)27-21-8-4-2-6-18(19)21/h1-13H,14H2. The lowest BCUT2D eigenvalue weighted by atomic mass is 10.0. The van der Waals surface area contributed by atoms with Crippen molar-refractivity contribution in [3.05, 3.63) is 93.9 Å². The zero-order valence-corrected chi connectivity index (χ0v) is 18.2. The Hall–Kier alpha value is -3.48. The van der Waals surface area contributed by atoms with Gasteiger partial charge in [0.1, 0.15) is 0 Å². The van der Waals surface area contributed by atoms with Gasteiger partial charge in [-0.1, -0.05) is 48.0 Å². The van der Waals surface area contributed by atoms with E-state index < -0.39 is 11.1 Å². The summed E-state index contributed by atoms with van der Waals surface area (Å²) in [5, 5.41) is 1.81. The molecule has 5 rings (SSSR count). The second-order valence-electron chi connectivity index (χ2n) is 7.26. The van der Waals surface area contributed by atoms with Gasteiger partial charge in [0.15, 0.2) is 5.78 Å². The molecular weight excluding hydrogens is 444 g/mol. The molecule has 0 N–H and O–H groups in total. The van der Waals surface area contributed by atoms with E-state index in [-0.39, 0.29) is 17.2 Å². The number of hydrogen-bond donors (Lipinski definition) is 0. The third-order valence-electron chi connectivity index (χ3n) is 5.25. The summed E-state index contributed by atoms with van der Waals surface area (Å²) in [5.74, 6) is -0.808. The predicted octanol–water partition coefficient (Wildman–Crippen LogP) is 5.96. The number of benzene rings is 3. The van der Waals surface area contributed by atoms with Crippen molar-refractivity contribution in [2.75, 3.05) is 6.54 Å². The Morgan fingerprint density at radius 1 is 0.906 bits per heavy atom. The fourth-order valence-corrected chi connectivity index (χ4v) is 4.61. The van der Waals surface area contributed by atoms with Crippen LogP contribution in [0.15, 0.2) is 77.7 Å². The van der Waals surface area contributed by atoms with Crippen LogP contribution in [-0.2, 0) is 4.79 Å². The normalized spacial score (nSPS) is 15.3. The van der Waals surface area contributed by atoms with Gasteiger partial charge in [0.2, 0.25) is 0 Å². The van der Waals surface area contributed by atoms with E-state index in [0.29, 0.717) is 10.6 Å². The minimum Gasteiger partial charge on any atom is -0.292 e. The molecule has 0 atom stereocenters. The summed E-state index contributed by atoms with van der Waals surface area (Å²) in [6.45, 7) is -0.318. The highest BCUT2D eigenvalue weighted by atomic mass is 35.5. The molecule has 0 unspecified atom stereocenters. The molecule has 156 valence electrons. The minimum absolute atomic E-state index is 0.278. The summed E-state index contributed by atoms with van der Waals surface area (Å²) in [5.41, 5.74) is 2.81. The van der Waals surface area contributed by atoms with Crippen LogP contribution in [-0.4, -0.2) is 33.4 Å². The van der Waals surface area contributed by atoms with Crippen LogP contribution in [0.2, 0.25) is 5.02 Å². The Labute approximate surface area is 192 Å². The molecule has 1 aromatic heterocycles. The van der Waals surface area contributed by atoms with Gasteiger partial charge in [-0.15, -0.1) is 0 Å². The zero-order valence-electron chi connectivity index (χ0n) is 16.6. The predicted molar refractivity (Wildman–Crippen MR) is 128 cm³/mol. The van der Waals surface area contributed by atoms with Gasteiger partial charge in [-0.25, -0.2) is 4.98 Å². The first kappa shape index (κ1) is 20.4. The molecule has 0 aliphatic carbocycles. The van der Waals surface area contributed by atoms with Crippen molar-refractivity contribution in [2.24, 2.45) is 0 Å². The maximum absolute atomic E-state index is 13.0. The third-order valence-corrected chi connectivity index (χ3v) is 6.41. The fraction of sp³-hybridized carbons (Fsp3) is 0.0400. The van der Waals surface area contributed by atoms with Gasteiger partial charge in [0, 0.05) is 21.4 Å². The van der Waals surface area contributed by atoms with E-state index >= 15 is 0 Å². The molecule has 2 heterocycles. The molecule has 0 radical (unpaired) electrons. The molecule has 5 nitrogen and oxygen atoms in total. The number of amides is 2. The van der Waals surface area contributed by atoms with E-state index in [0.717, 1.165) is 44.0 Å². The van der Waals surface area contributed by atoms with Crippen LogP contribution in [0, 0.1) is 0 Å². The molecule has 1 fully saturated rings. The summed E-state index contributed by atoms with van der Waals surface area (Å²) in [7, 11) is 0. The summed E-state index contributed by atoms with van der Waals surface area (Å²) >= 11 is 6.71. The highest BCUT2D eigenvalue weighted by molar-refractivity contribution is 8.18. The number of hydrogen-bond acceptors (Lipinski definition) is 5. The number of Topliss-reactive ketones (excluding diaryl/α,β-unsaturated/α-hetero) is 1. The molecule has 0 spiro atoms. The van der Waals surface area contributed by atoms with Crippen molar-refractivity contribution < 1.29 is 14.4 Å². The fourth-order valence-electron chi connectivity index (χ4n) is 3.67. The highest BCUT2D eigenvalue weighted by Gasteiger charge is 2.36. The van der Waals surface area contributed by atoms with E-state index in [1.54, 1.807) is 30.3 Å². The monoisotopic (exact) mass is 458 g/mol. The summed E-state index contributed by atoms with van der Waals surface area (Å²) < 4.78 is 0. The quantitative estimate of drug-likeness (QED) is 0.214. The Kier molecular flexibility index (Phi) is 5.25. The number of carbonyl (C=O) groups is 3. The number of para-hydroxylation sites is 2. The van der Waals surface area contributed by atoms with Crippen LogP contribution >= 0.6 is 23.4 Å². The third kappa shape index (κ3) is 3.68. The van der Waals surface area contributed by atoms with Gasteiger partial charge in [0.05, 0.1) is 22.5 Å². The van der Waals surface area contributed by atoms with Crippen LogP contribution in [0.5, 0.6) is 0 Å². The lowest BCUT2D eigenvalue weighted by molar-refractivity contribution is -0.122. The topological polar surface area (TPSA) is 67.3 Å². The first-order chi connectivity index (χ1) is 15.5. The van der Waals surface area contributed by atoms with Gasteiger partial charge in [-0.2, -0.15) is 0 Å². The molecular formula is C25H15ClN2O3S. The average Bonchev–Trinajstić information content (AvgIpc) is 3.06. The summed E-state index contributed by atoms with van der Waals surface area (Å²) in [4.78, 5) is 44.2. The van der Waals surface area contributed by atoms with Gasteiger partial charge in [0.25, 0.3) is 11.1 Å². The molecule has 0 bridgehead atoms. The van der Waals surface area contributed by atoms with Crippen molar-refractivity contribution in [3.8, 4) is 0 Å². The number of pyridine rings is 1. The number of carbonyl (C=O) groups excluding carboxylic acids is 3. The van der Waals surface area contributed by atoms with Gasteiger partial charge in [-0.3, -0.25) is 19.3 Å². The molecule has 0 saturated carbocycles.